The average molecular weight is 684 g/mol. The van der Waals surface area contributed by atoms with Crippen LogP contribution in [0.4, 0.5) is 5.69 Å². The number of carboxylic acid groups (broad SMARTS) is 1. The summed E-state index contributed by atoms with van der Waals surface area (Å²) < 4.78 is 2.38. The Morgan fingerprint density at radius 2 is 1.61 bits per heavy atom. The molecular weight excluding hydrogens is 636 g/mol. The van der Waals surface area contributed by atoms with Crippen molar-refractivity contribution >= 4 is 46.3 Å². The standard InChI is InChI=1S/C35H46N4O3S.BrH/c1-38-31-19-11-12-20-32(31)43-34(38)26-27-22-25-39(30-18-10-9-16-28(27)30)24-15-7-5-3-2-4-6-8-21-33(40)37-29(35(41)42)17-13-14-23-36;/h9-12,16,18-20,22,25-26,29H,2-8,13-15,17,21,23-24,36H2,1H3,(H-,37,40,41,42);1H/t29-;/m0./s1. The Hall–Kier alpha value is -2.88. The van der Waals surface area contributed by atoms with Crippen molar-refractivity contribution < 1.29 is 36.2 Å². The van der Waals surface area contributed by atoms with Crippen molar-refractivity contribution in [3.8, 4) is 0 Å². The maximum absolute atomic E-state index is 12.1. The lowest BCUT2D eigenvalue weighted by Crippen LogP contribution is -3.00. The molecule has 1 atom stereocenters. The first-order valence-electron chi connectivity index (χ1n) is 15.8. The topological polar surface area (TPSA) is 99.5 Å². The van der Waals surface area contributed by atoms with E-state index in [0.29, 0.717) is 25.8 Å². The molecule has 0 spiro atoms. The van der Waals surface area contributed by atoms with Crippen LogP contribution in [0.15, 0.2) is 70.7 Å². The second-order valence-electron chi connectivity index (χ2n) is 11.4. The van der Waals surface area contributed by atoms with Gasteiger partial charge in [-0.3, -0.25) is 4.79 Å². The normalized spacial score (nSPS) is 14.0. The number of fused-ring (bicyclic) bond motifs is 2. The maximum Gasteiger partial charge on any atom is 0.326 e. The molecule has 3 aromatic rings. The van der Waals surface area contributed by atoms with E-state index in [9.17, 15) is 14.7 Å². The molecule has 0 radical (unpaired) electrons. The van der Waals surface area contributed by atoms with E-state index >= 15 is 0 Å². The zero-order valence-electron chi connectivity index (χ0n) is 25.8. The molecule has 2 heterocycles. The molecule has 1 aliphatic heterocycles. The van der Waals surface area contributed by atoms with Gasteiger partial charge in [0.1, 0.15) is 12.6 Å². The van der Waals surface area contributed by atoms with Gasteiger partial charge in [0, 0.05) is 36.9 Å². The zero-order valence-corrected chi connectivity index (χ0v) is 28.3. The van der Waals surface area contributed by atoms with Gasteiger partial charge in [0.15, 0.2) is 6.20 Å². The van der Waals surface area contributed by atoms with Crippen LogP contribution in [-0.2, 0) is 16.1 Å². The van der Waals surface area contributed by atoms with Crippen molar-refractivity contribution in [3.05, 3.63) is 71.4 Å². The SMILES string of the molecule is CN1/C(=C\c2cc[n+](CCCCCCCCCCC(=O)N[C@@H](CCCCN)C(=O)O)c3ccccc23)Sc2ccccc21.[Br-]. The number of carboxylic acids is 1. The minimum Gasteiger partial charge on any atom is -1.00 e. The number of benzene rings is 2. The molecule has 1 aromatic heterocycles. The third kappa shape index (κ3) is 10.3. The van der Waals surface area contributed by atoms with Crippen molar-refractivity contribution in [1.29, 1.82) is 0 Å². The number of unbranched alkanes of at least 4 members (excludes halogenated alkanes) is 8. The molecule has 4 rings (SSSR count). The molecule has 9 heteroatoms. The molecule has 44 heavy (non-hydrogen) atoms. The van der Waals surface area contributed by atoms with Gasteiger partial charge in [-0.05, 0) is 68.5 Å². The van der Waals surface area contributed by atoms with Gasteiger partial charge in [0.2, 0.25) is 11.4 Å². The van der Waals surface area contributed by atoms with Gasteiger partial charge in [-0.25, -0.2) is 4.79 Å². The third-order valence-corrected chi connectivity index (χ3v) is 9.31. The zero-order chi connectivity index (χ0) is 30.4. The number of amides is 1. The lowest BCUT2D eigenvalue weighted by atomic mass is 10.1. The van der Waals surface area contributed by atoms with Crippen LogP contribution in [0.5, 0.6) is 0 Å². The lowest BCUT2D eigenvalue weighted by molar-refractivity contribution is -0.671. The van der Waals surface area contributed by atoms with Crippen molar-refractivity contribution in [2.24, 2.45) is 5.73 Å². The molecule has 0 fully saturated rings. The number of hydrogen-bond donors (Lipinski definition) is 3. The summed E-state index contributed by atoms with van der Waals surface area (Å²) in [5.74, 6) is -1.13. The second-order valence-corrected chi connectivity index (χ2v) is 12.5. The summed E-state index contributed by atoms with van der Waals surface area (Å²) in [5.41, 5.74) is 9.25. The second kappa shape index (κ2) is 18.8. The third-order valence-electron chi connectivity index (χ3n) is 8.14. The van der Waals surface area contributed by atoms with Crippen molar-refractivity contribution in [2.45, 2.75) is 94.5 Å². The van der Waals surface area contributed by atoms with E-state index in [0.717, 1.165) is 38.6 Å². The summed E-state index contributed by atoms with van der Waals surface area (Å²) in [7, 11) is 2.14. The predicted molar refractivity (Wildman–Crippen MR) is 177 cm³/mol. The van der Waals surface area contributed by atoms with Gasteiger partial charge < -0.3 is 38.0 Å². The number of carbonyl (C=O) groups is 2. The first-order valence-corrected chi connectivity index (χ1v) is 16.7. The number of carbonyl (C=O) groups excluding carboxylic acids is 1. The number of nitrogens with two attached hydrogens (primary N) is 1. The lowest BCUT2D eigenvalue weighted by Gasteiger charge is -2.14. The highest BCUT2D eigenvalue weighted by Gasteiger charge is 2.22. The van der Waals surface area contributed by atoms with E-state index in [1.165, 1.54) is 57.8 Å². The Bertz CT molecular complexity index is 1400. The summed E-state index contributed by atoms with van der Waals surface area (Å²) in [6.45, 7) is 1.55. The number of hydrogen-bond acceptors (Lipinski definition) is 5. The van der Waals surface area contributed by atoms with Crippen LogP contribution in [0, 0.1) is 0 Å². The number of aromatic nitrogens is 1. The largest absolute Gasteiger partial charge is 1.00 e. The highest BCUT2D eigenvalue weighted by molar-refractivity contribution is 8.03. The summed E-state index contributed by atoms with van der Waals surface area (Å²) in [6.07, 6.45) is 15.7. The van der Waals surface area contributed by atoms with Gasteiger partial charge in [-0.2, -0.15) is 4.57 Å². The van der Waals surface area contributed by atoms with E-state index in [2.05, 4.69) is 88.7 Å². The van der Waals surface area contributed by atoms with Crippen molar-refractivity contribution in [2.75, 3.05) is 18.5 Å². The fourth-order valence-electron chi connectivity index (χ4n) is 5.65. The number of thioether (sulfide) groups is 1. The summed E-state index contributed by atoms with van der Waals surface area (Å²) in [5, 5.41) is 14.5. The predicted octanol–water partition coefficient (Wildman–Crippen LogP) is 3.88. The van der Waals surface area contributed by atoms with Crippen LogP contribution in [0.2, 0.25) is 0 Å². The van der Waals surface area contributed by atoms with Crippen molar-refractivity contribution in [1.82, 2.24) is 5.32 Å². The van der Waals surface area contributed by atoms with E-state index in [1.54, 1.807) is 0 Å². The van der Waals surface area contributed by atoms with Crippen LogP contribution in [0.1, 0.15) is 82.6 Å². The van der Waals surface area contributed by atoms with Gasteiger partial charge >= 0.3 is 5.97 Å². The van der Waals surface area contributed by atoms with Crippen LogP contribution in [-0.4, -0.2) is 36.6 Å². The highest BCUT2D eigenvalue weighted by atomic mass is 79.9. The summed E-state index contributed by atoms with van der Waals surface area (Å²) >= 11 is 1.83. The molecule has 1 aliphatic rings. The minimum absolute atomic E-state index is 0. The van der Waals surface area contributed by atoms with E-state index in [-0.39, 0.29) is 22.9 Å². The molecule has 0 aliphatic carbocycles. The van der Waals surface area contributed by atoms with Crippen LogP contribution >= 0.6 is 11.8 Å². The minimum atomic E-state index is -0.968. The first-order chi connectivity index (χ1) is 21.0. The molecule has 7 nitrogen and oxygen atoms in total. The van der Waals surface area contributed by atoms with E-state index in [1.807, 2.05) is 11.8 Å². The Labute approximate surface area is 277 Å². The monoisotopic (exact) mass is 682 g/mol. The van der Waals surface area contributed by atoms with Crippen LogP contribution in [0.25, 0.3) is 17.0 Å². The molecule has 0 saturated heterocycles. The molecule has 4 N–H and O–H groups in total. The molecule has 238 valence electrons. The quantitative estimate of drug-likeness (QED) is 0.139. The number of para-hydroxylation sites is 2. The molecule has 0 bridgehead atoms. The van der Waals surface area contributed by atoms with Crippen LogP contribution < -0.4 is 37.5 Å². The van der Waals surface area contributed by atoms with E-state index < -0.39 is 12.0 Å². The number of aryl methyl sites for hydroxylation is 1. The van der Waals surface area contributed by atoms with E-state index in [4.69, 9.17) is 5.73 Å². The Morgan fingerprint density at radius 3 is 2.34 bits per heavy atom. The van der Waals surface area contributed by atoms with Crippen molar-refractivity contribution in [3.63, 3.8) is 0 Å². The Balaban J connectivity index is 0.00000529. The molecule has 0 unspecified atom stereocenters. The molecule has 0 saturated carbocycles. The summed E-state index contributed by atoms with van der Waals surface area (Å²) in [4.78, 5) is 27.1. The fourth-order valence-corrected chi connectivity index (χ4v) is 6.76. The number of rotatable bonds is 18. The maximum atomic E-state index is 12.1. The number of nitrogens with one attached hydrogen (secondary N) is 1. The summed E-state index contributed by atoms with van der Waals surface area (Å²) in [6, 6.07) is 18.7. The number of halogens is 1. The Morgan fingerprint density at radius 1 is 0.932 bits per heavy atom. The molecular formula is C35H47BrN4O3S. The number of nitrogens with zero attached hydrogens (tertiary/aromatic N) is 2. The Kier molecular flexibility index (Phi) is 15.2. The van der Waals surface area contributed by atoms with Gasteiger partial charge in [0.25, 0.3) is 0 Å². The molecule has 2 aromatic carbocycles. The smallest absolute Gasteiger partial charge is 0.326 e. The first kappa shape index (κ1) is 35.6. The van der Waals surface area contributed by atoms with Gasteiger partial charge in [0.05, 0.1) is 16.1 Å². The van der Waals surface area contributed by atoms with Gasteiger partial charge in [-0.1, -0.05) is 68.1 Å². The highest BCUT2D eigenvalue weighted by Crippen LogP contribution is 2.45. The number of aliphatic carboxylic acids is 1. The average Bonchev–Trinajstić information content (AvgIpc) is 3.33. The fraction of sp³-hybridized carbons (Fsp3) is 0.457. The number of anilines is 1. The van der Waals surface area contributed by atoms with Crippen LogP contribution in [0.3, 0.4) is 0 Å². The molecule has 1 amide bonds. The van der Waals surface area contributed by atoms with Gasteiger partial charge in [-0.15, -0.1) is 0 Å². The number of pyridine rings is 1.